The number of nitrogens with zero attached hydrogens (tertiary/aromatic N) is 1. The molecule has 108 valence electrons. The number of rotatable bonds is 4. The van der Waals surface area contributed by atoms with Gasteiger partial charge in [0, 0.05) is 18.8 Å². The number of likely N-dealkylation sites (tertiary alicyclic amines) is 1. The van der Waals surface area contributed by atoms with Crippen LogP contribution in [0.3, 0.4) is 0 Å². The molecule has 20 heavy (non-hydrogen) atoms. The van der Waals surface area contributed by atoms with Gasteiger partial charge in [0.2, 0.25) is 0 Å². The van der Waals surface area contributed by atoms with Crippen molar-refractivity contribution in [3.05, 3.63) is 47.7 Å². The Hall–Kier alpha value is -1.28. The predicted molar refractivity (Wildman–Crippen MR) is 82.4 cm³/mol. The Balaban J connectivity index is 1.46. The first-order chi connectivity index (χ1) is 9.92. The summed E-state index contributed by atoms with van der Waals surface area (Å²) in [6.45, 7) is 3.28. The van der Waals surface area contributed by atoms with E-state index in [2.05, 4.69) is 41.3 Å². The number of benzene rings is 1. The van der Waals surface area contributed by atoms with E-state index in [4.69, 9.17) is 4.74 Å². The summed E-state index contributed by atoms with van der Waals surface area (Å²) < 4.78 is 6.04. The molecule has 1 heterocycles. The Morgan fingerprint density at radius 2 is 1.85 bits per heavy atom. The fourth-order valence-corrected chi connectivity index (χ4v) is 3.20. The lowest BCUT2D eigenvalue weighted by atomic mass is 9.99. The summed E-state index contributed by atoms with van der Waals surface area (Å²) in [4.78, 5) is 2.59. The zero-order valence-electron chi connectivity index (χ0n) is 12.3. The van der Waals surface area contributed by atoms with E-state index in [1.807, 2.05) is 0 Å². The van der Waals surface area contributed by atoms with E-state index in [0.29, 0.717) is 6.10 Å². The van der Waals surface area contributed by atoms with Gasteiger partial charge in [0.15, 0.2) is 0 Å². The highest BCUT2D eigenvalue weighted by Crippen LogP contribution is 2.26. The van der Waals surface area contributed by atoms with Crippen LogP contribution in [0.15, 0.2) is 42.1 Å². The highest BCUT2D eigenvalue weighted by Gasteiger charge is 2.19. The molecule has 2 nitrogen and oxygen atoms in total. The molecule has 1 aromatic rings. The summed E-state index contributed by atoms with van der Waals surface area (Å²) in [6.07, 6.45) is 10.4. The first kappa shape index (κ1) is 13.7. The second kappa shape index (κ2) is 6.94. The zero-order chi connectivity index (χ0) is 13.6. The lowest BCUT2D eigenvalue weighted by Crippen LogP contribution is -2.31. The van der Waals surface area contributed by atoms with Gasteiger partial charge in [-0.1, -0.05) is 36.4 Å². The normalized spacial score (nSPS) is 23.5. The van der Waals surface area contributed by atoms with Crippen LogP contribution in [0.4, 0.5) is 0 Å². The molecule has 0 radical (unpaired) electrons. The van der Waals surface area contributed by atoms with Crippen molar-refractivity contribution in [1.82, 2.24) is 4.90 Å². The fraction of sp³-hybridized carbons (Fsp3) is 0.556. The van der Waals surface area contributed by atoms with Crippen LogP contribution >= 0.6 is 0 Å². The topological polar surface area (TPSA) is 12.5 Å². The molecule has 1 atom stereocenters. The second-order valence-electron chi connectivity index (χ2n) is 5.94. The van der Waals surface area contributed by atoms with Gasteiger partial charge in [-0.15, -0.1) is 0 Å². The van der Waals surface area contributed by atoms with Gasteiger partial charge >= 0.3 is 0 Å². The van der Waals surface area contributed by atoms with Crippen LogP contribution in [0.25, 0.3) is 0 Å². The van der Waals surface area contributed by atoms with Gasteiger partial charge in [-0.25, -0.2) is 0 Å². The van der Waals surface area contributed by atoms with E-state index in [-0.39, 0.29) is 0 Å². The average Bonchev–Trinajstić information content (AvgIpc) is 2.55. The predicted octanol–water partition coefficient (Wildman–Crippen LogP) is 4.13. The van der Waals surface area contributed by atoms with Gasteiger partial charge in [0.1, 0.15) is 0 Å². The molecule has 2 heteroatoms. The molecular formula is C18H25NO. The molecule has 0 aromatic heterocycles. The van der Waals surface area contributed by atoms with Crippen LogP contribution in [0, 0.1) is 0 Å². The Kier molecular flexibility index (Phi) is 4.75. The monoisotopic (exact) mass is 271 g/mol. The molecule has 0 bridgehead atoms. The minimum Gasteiger partial charge on any atom is -0.375 e. The van der Waals surface area contributed by atoms with E-state index in [1.165, 1.54) is 50.8 Å². The molecule has 1 saturated heterocycles. The molecule has 0 N–H and O–H groups in total. The van der Waals surface area contributed by atoms with Crippen LogP contribution < -0.4 is 0 Å². The van der Waals surface area contributed by atoms with Crippen LogP contribution in [0.1, 0.15) is 44.1 Å². The molecule has 3 rings (SSSR count). The third-order valence-electron chi connectivity index (χ3n) is 4.43. The van der Waals surface area contributed by atoms with Gasteiger partial charge < -0.3 is 9.64 Å². The third-order valence-corrected chi connectivity index (χ3v) is 4.43. The SMILES string of the molecule is C1=C(N2CCCCC2)CCC(OCc2ccccc2)C1. The maximum absolute atomic E-state index is 6.04. The largest absolute Gasteiger partial charge is 0.375 e. The first-order valence-corrected chi connectivity index (χ1v) is 8.01. The zero-order valence-corrected chi connectivity index (χ0v) is 12.3. The van der Waals surface area contributed by atoms with E-state index < -0.39 is 0 Å². The molecule has 0 amide bonds. The number of allylic oxidation sites excluding steroid dienone is 1. The summed E-state index contributed by atoms with van der Waals surface area (Å²) in [6, 6.07) is 10.5. The van der Waals surface area contributed by atoms with Crippen molar-refractivity contribution in [3.63, 3.8) is 0 Å². The highest BCUT2D eigenvalue weighted by atomic mass is 16.5. The standard InChI is InChI=1S/C18H25NO/c1-3-7-16(8-4-1)15-20-18-11-9-17(10-12-18)19-13-5-2-6-14-19/h1,3-4,7-9,18H,2,5-6,10-15H2. The smallest absolute Gasteiger partial charge is 0.0720 e. The summed E-state index contributed by atoms with van der Waals surface area (Å²) in [5.41, 5.74) is 2.85. The maximum Gasteiger partial charge on any atom is 0.0720 e. The maximum atomic E-state index is 6.04. The average molecular weight is 271 g/mol. The lowest BCUT2D eigenvalue weighted by Gasteiger charge is -2.34. The summed E-state index contributed by atoms with van der Waals surface area (Å²) in [7, 11) is 0. The Labute approximate surface area is 122 Å². The van der Waals surface area contributed by atoms with Gasteiger partial charge in [-0.05, 0) is 44.1 Å². The van der Waals surface area contributed by atoms with Crippen LogP contribution in [-0.2, 0) is 11.3 Å². The molecule has 1 fully saturated rings. The summed E-state index contributed by atoms with van der Waals surface area (Å²) >= 11 is 0. The minimum absolute atomic E-state index is 0.406. The number of hydrogen-bond acceptors (Lipinski definition) is 2. The lowest BCUT2D eigenvalue weighted by molar-refractivity contribution is 0.0314. The second-order valence-corrected chi connectivity index (χ2v) is 5.94. The molecule has 1 unspecified atom stereocenters. The Morgan fingerprint density at radius 1 is 1.05 bits per heavy atom. The Bertz CT molecular complexity index is 434. The van der Waals surface area contributed by atoms with Gasteiger partial charge in [0.25, 0.3) is 0 Å². The molecular weight excluding hydrogens is 246 g/mol. The van der Waals surface area contributed by atoms with Crippen molar-refractivity contribution >= 4 is 0 Å². The quantitative estimate of drug-likeness (QED) is 0.816. The van der Waals surface area contributed by atoms with Crippen LogP contribution in [0.2, 0.25) is 0 Å². The molecule has 2 aliphatic rings. The van der Waals surface area contributed by atoms with E-state index >= 15 is 0 Å². The Morgan fingerprint density at radius 3 is 2.55 bits per heavy atom. The van der Waals surface area contributed by atoms with E-state index in [1.54, 1.807) is 5.70 Å². The highest BCUT2D eigenvalue weighted by molar-refractivity contribution is 5.13. The van der Waals surface area contributed by atoms with Crippen molar-refractivity contribution in [2.24, 2.45) is 0 Å². The minimum atomic E-state index is 0.406. The molecule has 0 spiro atoms. The van der Waals surface area contributed by atoms with Crippen molar-refractivity contribution < 1.29 is 4.74 Å². The van der Waals surface area contributed by atoms with Gasteiger partial charge in [-0.2, -0.15) is 0 Å². The molecule has 0 saturated carbocycles. The van der Waals surface area contributed by atoms with E-state index in [0.717, 1.165) is 13.0 Å². The van der Waals surface area contributed by atoms with Crippen molar-refractivity contribution in [2.75, 3.05) is 13.1 Å². The summed E-state index contributed by atoms with van der Waals surface area (Å²) in [5.74, 6) is 0. The molecule has 1 aliphatic heterocycles. The number of ether oxygens (including phenoxy) is 1. The van der Waals surface area contributed by atoms with Crippen molar-refractivity contribution in [3.8, 4) is 0 Å². The van der Waals surface area contributed by atoms with Crippen molar-refractivity contribution in [1.29, 1.82) is 0 Å². The van der Waals surface area contributed by atoms with Crippen LogP contribution in [0.5, 0.6) is 0 Å². The number of piperidine rings is 1. The van der Waals surface area contributed by atoms with Gasteiger partial charge in [0.05, 0.1) is 12.7 Å². The van der Waals surface area contributed by atoms with Gasteiger partial charge in [-0.3, -0.25) is 0 Å². The fourth-order valence-electron chi connectivity index (χ4n) is 3.20. The summed E-state index contributed by atoms with van der Waals surface area (Å²) in [5, 5.41) is 0. The van der Waals surface area contributed by atoms with Crippen molar-refractivity contribution in [2.45, 2.75) is 51.2 Å². The van der Waals surface area contributed by atoms with E-state index in [9.17, 15) is 0 Å². The first-order valence-electron chi connectivity index (χ1n) is 8.01. The number of hydrogen-bond donors (Lipinski definition) is 0. The molecule has 1 aliphatic carbocycles. The molecule has 1 aromatic carbocycles. The van der Waals surface area contributed by atoms with Crippen LogP contribution in [-0.4, -0.2) is 24.1 Å². The third kappa shape index (κ3) is 3.63.